The lowest BCUT2D eigenvalue weighted by Crippen LogP contribution is -2.23. The maximum Gasteiger partial charge on any atom is 0.338 e. The molecule has 1 amide bonds. The van der Waals surface area contributed by atoms with Gasteiger partial charge in [0, 0.05) is 11.6 Å². The van der Waals surface area contributed by atoms with E-state index in [1.807, 2.05) is 13.8 Å². The number of carbonyl (C=O) groups is 2. The van der Waals surface area contributed by atoms with Gasteiger partial charge >= 0.3 is 5.97 Å². The Kier molecular flexibility index (Phi) is 5.14. The van der Waals surface area contributed by atoms with Crippen LogP contribution >= 0.6 is 0 Å². The summed E-state index contributed by atoms with van der Waals surface area (Å²) in [7, 11) is 0. The van der Waals surface area contributed by atoms with Gasteiger partial charge in [-0.3, -0.25) is 4.79 Å². The second-order valence-electron chi connectivity index (χ2n) is 5.50. The molecule has 0 fully saturated rings. The minimum atomic E-state index is -0.347. The fraction of sp³-hybridized carbons (Fsp3) is 0.412. The number of anilines is 1. The highest BCUT2D eigenvalue weighted by Crippen LogP contribution is 2.20. The van der Waals surface area contributed by atoms with Crippen LogP contribution in [0.3, 0.4) is 0 Å². The van der Waals surface area contributed by atoms with Gasteiger partial charge < -0.3 is 10.1 Å². The monoisotopic (exact) mass is 287 g/mol. The van der Waals surface area contributed by atoms with Crippen molar-refractivity contribution in [3.8, 4) is 0 Å². The van der Waals surface area contributed by atoms with E-state index in [0.717, 1.165) is 19.3 Å². The number of allylic oxidation sites excluding steroid dienone is 2. The van der Waals surface area contributed by atoms with Crippen LogP contribution in [0.5, 0.6) is 0 Å². The van der Waals surface area contributed by atoms with Crippen LogP contribution in [0.1, 0.15) is 43.5 Å². The molecule has 0 spiro atoms. The molecule has 0 aromatic heterocycles. The van der Waals surface area contributed by atoms with E-state index in [4.69, 9.17) is 4.74 Å². The number of nitrogens with one attached hydrogen (secondary N) is 1. The van der Waals surface area contributed by atoms with Crippen molar-refractivity contribution in [1.29, 1.82) is 0 Å². The van der Waals surface area contributed by atoms with Crippen molar-refractivity contribution in [2.24, 2.45) is 5.92 Å². The molecule has 0 unspecified atom stereocenters. The third-order valence-corrected chi connectivity index (χ3v) is 3.37. The number of hydrogen-bond donors (Lipinski definition) is 1. The Bertz CT molecular complexity index is 531. The minimum absolute atomic E-state index is 0.0388. The molecule has 1 aliphatic carbocycles. The molecule has 2 rings (SSSR count). The molecule has 4 nitrogen and oxygen atoms in total. The third kappa shape index (κ3) is 4.45. The van der Waals surface area contributed by atoms with E-state index in [-0.39, 0.29) is 23.9 Å². The number of amides is 1. The normalized spacial score (nSPS) is 17.6. The second-order valence-corrected chi connectivity index (χ2v) is 5.50. The molecule has 112 valence electrons. The highest BCUT2D eigenvalue weighted by atomic mass is 16.5. The minimum Gasteiger partial charge on any atom is -0.459 e. The van der Waals surface area contributed by atoms with Crippen LogP contribution in [0.25, 0.3) is 0 Å². The van der Waals surface area contributed by atoms with E-state index < -0.39 is 0 Å². The molecule has 1 N–H and O–H groups in total. The zero-order valence-electron chi connectivity index (χ0n) is 12.5. The maximum absolute atomic E-state index is 12.1. The Morgan fingerprint density at radius 2 is 1.90 bits per heavy atom. The van der Waals surface area contributed by atoms with E-state index in [9.17, 15) is 9.59 Å². The topological polar surface area (TPSA) is 55.4 Å². The number of hydrogen-bond acceptors (Lipinski definition) is 3. The van der Waals surface area contributed by atoms with Crippen molar-refractivity contribution in [2.75, 3.05) is 5.32 Å². The summed E-state index contributed by atoms with van der Waals surface area (Å²) in [5.41, 5.74) is 1.19. The van der Waals surface area contributed by atoms with Gasteiger partial charge in [-0.15, -0.1) is 0 Å². The van der Waals surface area contributed by atoms with E-state index in [0.29, 0.717) is 11.3 Å². The largest absolute Gasteiger partial charge is 0.459 e. The molecule has 1 aromatic rings. The summed E-state index contributed by atoms with van der Waals surface area (Å²) in [6.07, 6.45) is 6.66. The smallest absolute Gasteiger partial charge is 0.338 e. The van der Waals surface area contributed by atoms with Gasteiger partial charge in [-0.05, 0) is 57.4 Å². The number of rotatable bonds is 4. The first-order chi connectivity index (χ1) is 10.1. The van der Waals surface area contributed by atoms with Crippen molar-refractivity contribution < 1.29 is 14.3 Å². The molecular weight excluding hydrogens is 266 g/mol. The molecule has 0 saturated carbocycles. The quantitative estimate of drug-likeness (QED) is 0.680. The fourth-order valence-electron chi connectivity index (χ4n) is 2.25. The molecule has 1 aromatic carbocycles. The van der Waals surface area contributed by atoms with E-state index >= 15 is 0 Å². The Labute approximate surface area is 125 Å². The lowest BCUT2D eigenvalue weighted by Gasteiger charge is -2.17. The summed E-state index contributed by atoms with van der Waals surface area (Å²) in [6, 6.07) is 6.79. The summed E-state index contributed by atoms with van der Waals surface area (Å²) < 4.78 is 5.12. The lowest BCUT2D eigenvalue weighted by molar-refractivity contribution is -0.120. The van der Waals surface area contributed by atoms with Gasteiger partial charge in [0.25, 0.3) is 0 Å². The van der Waals surface area contributed by atoms with E-state index in [1.165, 1.54) is 0 Å². The van der Waals surface area contributed by atoms with E-state index in [1.54, 1.807) is 24.3 Å². The molecule has 21 heavy (non-hydrogen) atoms. The Morgan fingerprint density at radius 3 is 2.48 bits per heavy atom. The maximum atomic E-state index is 12.1. The Hall–Kier alpha value is -2.10. The summed E-state index contributed by atoms with van der Waals surface area (Å²) in [5.74, 6) is -0.266. The van der Waals surface area contributed by atoms with Gasteiger partial charge in [0.2, 0.25) is 5.91 Å². The van der Waals surface area contributed by atoms with Gasteiger partial charge in [-0.1, -0.05) is 12.2 Å². The zero-order valence-corrected chi connectivity index (χ0v) is 12.5. The first-order valence-corrected chi connectivity index (χ1v) is 7.33. The number of benzene rings is 1. The van der Waals surface area contributed by atoms with Crippen molar-refractivity contribution >= 4 is 17.6 Å². The summed E-state index contributed by atoms with van der Waals surface area (Å²) in [4.78, 5) is 23.8. The van der Waals surface area contributed by atoms with Gasteiger partial charge in [-0.2, -0.15) is 0 Å². The average Bonchev–Trinajstić information content (AvgIpc) is 2.48. The predicted molar refractivity (Wildman–Crippen MR) is 82.1 cm³/mol. The Morgan fingerprint density at radius 1 is 1.19 bits per heavy atom. The van der Waals surface area contributed by atoms with Crippen molar-refractivity contribution in [2.45, 2.75) is 39.2 Å². The van der Waals surface area contributed by atoms with Crippen LogP contribution in [0.2, 0.25) is 0 Å². The zero-order chi connectivity index (χ0) is 15.2. The average molecular weight is 287 g/mol. The van der Waals surface area contributed by atoms with Crippen LogP contribution in [0, 0.1) is 5.92 Å². The third-order valence-electron chi connectivity index (χ3n) is 3.37. The molecule has 4 heteroatoms. The van der Waals surface area contributed by atoms with Crippen LogP contribution in [-0.4, -0.2) is 18.0 Å². The molecule has 0 aliphatic heterocycles. The predicted octanol–water partition coefficient (Wildman–Crippen LogP) is 3.55. The molecule has 0 heterocycles. The molecule has 1 atom stereocenters. The van der Waals surface area contributed by atoms with Crippen molar-refractivity contribution in [3.05, 3.63) is 42.0 Å². The second kappa shape index (κ2) is 7.07. The SMILES string of the molecule is CC(C)OC(=O)c1ccc(NC(=O)[C@H]2CC=CCC2)cc1. The van der Waals surface area contributed by atoms with Crippen molar-refractivity contribution in [3.63, 3.8) is 0 Å². The van der Waals surface area contributed by atoms with Gasteiger partial charge in [-0.25, -0.2) is 4.79 Å². The van der Waals surface area contributed by atoms with Crippen LogP contribution in [0.4, 0.5) is 5.69 Å². The lowest BCUT2D eigenvalue weighted by atomic mass is 9.93. The Balaban J connectivity index is 1.94. The highest BCUT2D eigenvalue weighted by Gasteiger charge is 2.18. The standard InChI is InChI=1S/C17H21NO3/c1-12(2)21-17(20)14-8-10-15(11-9-14)18-16(19)13-6-4-3-5-7-13/h3-4,8-13H,5-7H2,1-2H3,(H,18,19)/t13-/m0/s1. The summed E-state index contributed by atoms with van der Waals surface area (Å²) in [5, 5.41) is 2.89. The molecule has 0 bridgehead atoms. The summed E-state index contributed by atoms with van der Waals surface area (Å²) in [6.45, 7) is 3.62. The van der Waals surface area contributed by atoms with Crippen LogP contribution in [0.15, 0.2) is 36.4 Å². The molecule has 0 radical (unpaired) electrons. The molecule has 0 saturated heterocycles. The first kappa shape index (κ1) is 15.3. The van der Waals surface area contributed by atoms with Gasteiger partial charge in [0.1, 0.15) is 0 Å². The van der Waals surface area contributed by atoms with Crippen LogP contribution < -0.4 is 5.32 Å². The molecular formula is C17H21NO3. The summed E-state index contributed by atoms with van der Waals surface area (Å²) >= 11 is 0. The number of ether oxygens (including phenoxy) is 1. The van der Waals surface area contributed by atoms with Gasteiger partial charge in [0.05, 0.1) is 11.7 Å². The van der Waals surface area contributed by atoms with E-state index in [2.05, 4.69) is 17.5 Å². The molecule has 1 aliphatic rings. The van der Waals surface area contributed by atoms with Crippen molar-refractivity contribution in [1.82, 2.24) is 0 Å². The number of esters is 1. The van der Waals surface area contributed by atoms with Gasteiger partial charge in [0.15, 0.2) is 0 Å². The first-order valence-electron chi connectivity index (χ1n) is 7.33. The fourth-order valence-corrected chi connectivity index (χ4v) is 2.25. The highest BCUT2D eigenvalue weighted by molar-refractivity contribution is 5.94. The van der Waals surface area contributed by atoms with Crippen LogP contribution in [-0.2, 0) is 9.53 Å². The number of carbonyl (C=O) groups excluding carboxylic acids is 2.